The van der Waals surface area contributed by atoms with Gasteiger partial charge in [-0.25, -0.2) is 0 Å². The molecule has 0 saturated carbocycles. The van der Waals surface area contributed by atoms with E-state index in [2.05, 4.69) is 40.4 Å². The van der Waals surface area contributed by atoms with Crippen molar-refractivity contribution in [3.05, 3.63) is 12.7 Å². The van der Waals surface area contributed by atoms with Crippen molar-refractivity contribution in [2.75, 3.05) is 6.61 Å². The predicted molar refractivity (Wildman–Crippen MR) is 87.8 cm³/mol. The van der Waals surface area contributed by atoms with Crippen molar-refractivity contribution in [3.63, 3.8) is 0 Å². The van der Waals surface area contributed by atoms with Crippen LogP contribution in [0.3, 0.4) is 0 Å². The summed E-state index contributed by atoms with van der Waals surface area (Å²) in [6, 6.07) is 0. The first kappa shape index (κ1) is 18.8. The number of ether oxygens (including phenoxy) is 1. The van der Waals surface area contributed by atoms with Crippen molar-refractivity contribution in [2.45, 2.75) is 76.7 Å². The molecule has 0 bridgehead atoms. The van der Waals surface area contributed by atoms with E-state index < -0.39 is 20.5 Å². The molecule has 21 heavy (non-hydrogen) atoms. The molecule has 0 amide bonds. The Hall–Kier alpha value is -0.203. The maximum Gasteiger partial charge on any atom is 0.192 e. The van der Waals surface area contributed by atoms with Crippen molar-refractivity contribution in [1.82, 2.24) is 0 Å². The zero-order valence-corrected chi connectivity index (χ0v) is 15.3. The van der Waals surface area contributed by atoms with E-state index in [-0.39, 0.29) is 29.8 Å². The summed E-state index contributed by atoms with van der Waals surface area (Å²) in [5, 5.41) is 19.6. The molecule has 5 heteroatoms. The largest absolute Gasteiger partial charge is 0.411 e. The Kier molecular flexibility index (Phi) is 6.21. The van der Waals surface area contributed by atoms with Gasteiger partial charge in [-0.1, -0.05) is 33.8 Å². The smallest absolute Gasteiger partial charge is 0.192 e. The number of hydrogen-bond donors (Lipinski definition) is 2. The van der Waals surface area contributed by atoms with Crippen LogP contribution in [-0.2, 0) is 9.16 Å². The Bertz CT molecular complexity index is 351. The summed E-state index contributed by atoms with van der Waals surface area (Å²) in [6.45, 7) is 16.7. The highest BCUT2D eigenvalue weighted by atomic mass is 28.4. The SMILES string of the molecule is C=C[C@H](C)[C@@H]1O[C@H](CO)[C@H](O)C[C@@H]1O[Si](C)(C)C(C)(C)C. The third-order valence-corrected chi connectivity index (χ3v) is 9.43. The Morgan fingerprint density at radius 3 is 2.43 bits per heavy atom. The molecule has 124 valence electrons. The molecule has 0 unspecified atom stereocenters. The van der Waals surface area contributed by atoms with Gasteiger partial charge >= 0.3 is 0 Å². The molecule has 0 aromatic heterocycles. The van der Waals surface area contributed by atoms with E-state index in [9.17, 15) is 10.2 Å². The van der Waals surface area contributed by atoms with Crippen LogP contribution in [0.2, 0.25) is 18.1 Å². The zero-order valence-electron chi connectivity index (χ0n) is 14.3. The molecular weight excluding hydrogens is 284 g/mol. The van der Waals surface area contributed by atoms with Gasteiger partial charge in [-0.05, 0) is 18.1 Å². The van der Waals surface area contributed by atoms with E-state index in [1.165, 1.54) is 0 Å². The fourth-order valence-electron chi connectivity index (χ4n) is 2.34. The van der Waals surface area contributed by atoms with E-state index in [0.717, 1.165) is 0 Å². The molecule has 0 radical (unpaired) electrons. The van der Waals surface area contributed by atoms with Crippen LogP contribution in [0.5, 0.6) is 0 Å². The molecule has 0 aromatic carbocycles. The van der Waals surface area contributed by atoms with Gasteiger partial charge in [-0.3, -0.25) is 0 Å². The number of aliphatic hydroxyl groups is 2. The number of hydrogen-bond acceptors (Lipinski definition) is 4. The number of aliphatic hydroxyl groups excluding tert-OH is 2. The summed E-state index contributed by atoms with van der Waals surface area (Å²) < 4.78 is 12.4. The van der Waals surface area contributed by atoms with Crippen LogP contribution in [0, 0.1) is 5.92 Å². The van der Waals surface area contributed by atoms with Gasteiger partial charge in [-0.15, -0.1) is 6.58 Å². The van der Waals surface area contributed by atoms with Crippen LogP contribution in [0.25, 0.3) is 0 Å². The molecule has 2 N–H and O–H groups in total. The highest BCUT2D eigenvalue weighted by molar-refractivity contribution is 6.74. The summed E-state index contributed by atoms with van der Waals surface area (Å²) in [7, 11) is -1.94. The van der Waals surface area contributed by atoms with Crippen molar-refractivity contribution in [3.8, 4) is 0 Å². The first-order valence-corrected chi connectivity index (χ1v) is 10.7. The second-order valence-electron chi connectivity index (χ2n) is 7.64. The minimum atomic E-state index is -1.94. The zero-order chi connectivity index (χ0) is 16.4. The van der Waals surface area contributed by atoms with Gasteiger partial charge in [-0.2, -0.15) is 0 Å². The minimum Gasteiger partial charge on any atom is -0.411 e. The Balaban J connectivity index is 2.93. The summed E-state index contributed by atoms with van der Waals surface area (Å²) >= 11 is 0. The lowest BCUT2D eigenvalue weighted by Gasteiger charge is -2.46. The average molecular weight is 317 g/mol. The van der Waals surface area contributed by atoms with Gasteiger partial charge < -0.3 is 19.4 Å². The highest BCUT2D eigenvalue weighted by Crippen LogP contribution is 2.40. The van der Waals surface area contributed by atoms with Crippen LogP contribution < -0.4 is 0 Å². The summed E-state index contributed by atoms with van der Waals surface area (Å²) in [5.74, 6) is 0.112. The van der Waals surface area contributed by atoms with Crippen molar-refractivity contribution in [2.24, 2.45) is 5.92 Å². The van der Waals surface area contributed by atoms with Crippen molar-refractivity contribution in [1.29, 1.82) is 0 Å². The van der Waals surface area contributed by atoms with E-state index in [1.54, 1.807) is 0 Å². The molecule has 1 fully saturated rings. The third-order valence-electron chi connectivity index (χ3n) is 4.92. The normalized spacial score (nSPS) is 32.8. The molecule has 1 aliphatic rings. The molecule has 1 aliphatic heterocycles. The molecule has 0 aliphatic carbocycles. The van der Waals surface area contributed by atoms with Crippen molar-refractivity contribution >= 4 is 8.32 Å². The molecule has 1 rings (SSSR count). The Morgan fingerprint density at radius 1 is 1.43 bits per heavy atom. The first-order chi connectivity index (χ1) is 9.53. The first-order valence-electron chi connectivity index (χ1n) is 7.78. The lowest BCUT2D eigenvalue weighted by Crippen LogP contribution is -2.56. The molecule has 0 spiro atoms. The Labute approximate surface area is 130 Å². The summed E-state index contributed by atoms with van der Waals surface area (Å²) in [5.41, 5.74) is 0. The molecule has 4 nitrogen and oxygen atoms in total. The maximum atomic E-state index is 10.1. The van der Waals surface area contributed by atoms with Gasteiger partial charge in [0.25, 0.3) is 0 Å². The van der Waals surface area contributed by atoms with Crippen LogP contribution in [-0.4, -0.2) is 49.6 Å². The number of rotatable bonds is 5. The fraction of sp³-hybridized carbons (Fsp3) is 0.875. The summed E-state index contributed by atoms with van der Waals surface area (Å²) in [4.78, 5) is 0. The second-order valence-corrected chi connectivity index (χ2v) is 12.4. The topological polar surface area (TPSA) is 58.9 Å². The maximum absolute atomic E-state index is 10.1. The van der Waals surface area contributed by atoms with Crippen LogP contribution in [0.1, 0.15) is 34.1 Å². The molecule has 5 atom stereocenters. The standard InChI is InChI=1S/C16H32O4Si/c1-8-11(2)15-13(9-12(18)14(10-17)19-15)20-21(6,7)16(3,4)5/h8,11-15,17-18H,1,9-10H2,2-7H3/t11-,12+,13-,14+,15-/m0/s1. The summed E-state index contributed by atoms with van der Waals surface area (Å²) in [6.07, 6.45) is 0.808. The molecule has 0 aromatic rings. The Morgan fingerprint density at radius 2 is 2.00 bits per heavy atom. The van der Waals surface area contributed by atoms with E-state index in [1.807, 2.05) is 13.0 Å². The third kappa shape index (κ3) is 4.39. The quantitative estimate of drug-likeness (QED) is 0.605. The second kappa shape index (κ2) is 6.92. The van der Waals surface area contributed by atoms with Gasteiger partial charge in [0, 0.05) is 12.3 Å². The van der Waals surface area contributed by atoms with E-state index in [0.29, 0.717) is 6.42 Å². The van der Waals surface area contributed by atoms with Gasteiger partial charge in [0.2, 0.25) is 0 Å². The minimum absolute atomic E-state index is 0.105. The monoisotopic (exact) mass is 316 g/mol. The predicted octanol–water partition coefficient (Wildman–Crippen LogP) is 2.71. The van der Waals surface area contributed by atoms with E-state index >= 15 is 0 Å². The van der Waals surface area contributed by atoms with Crippen LogP contribution in [0.15, 0.2) is 12.7 Å². The molecule has 1 saturated heterocycles. The molecule has 1 heterocycles. The lowest BCUT2D eigenvalue weighted by molar-refractivity contribution is -0.184. The highest BCUT2D eigenvalue weighted by Gasteiger charge is 2.45. The van der Waals surface area contributed by atoms with Crippen molar-refractivity contribution < 1.29 is 19.4 Å². The van der Waals surface area contributed by atoms with Crippen LogP contribution >= 0.6 is 0 Å². The van der Waals surface area contributed by atoms with Crippen LogP contribution in [0.4, 0.5) is 0 Å². The van der Waals surface area contributed by atoms with E-state index in [4.69, 9.17) is 9.16 Å². The van der Waals surface area contributed by atoms with Gasteiger partial charge in [0.15, 0.2) is 8.32 Å². The fourth-order valence-corrected chi connectivity index (χ4v) is 3.68. The lowest BCUT2D eigenvalue weighted by atomic mass is 9.91. The average Bonchev–Trinajstić information content (AvgIpc) is 2.36. The molecular formula is C16H32O4Si. The van der Waals surface area contributed by atoms with Gasteiger partial charge in [0.1, 0.15) is 6.10 Å². The van der Waals surface area contributed by atoms with Gasteiger partial charge in [0.05, 0.1) is 24.9 Å².